The smallest absolute Gasteiger partial charge is 0.255 e. The van der Waals surface area contributed by atoms with Gasteiger partial charge in [-0.2, -0.15) is 0 Å². The summed E-state index contributed by atoms with van der Waals surface area (Å²) >= 11 is 3.38. The zero-order valence-electron chi connectivity index (χ0n) is 12.9. The van der Waals surface area contributed by atoms with Crippen molar-refractivity contribution in [1.82, 2.24) is 0 Å². The molecule has 2 amide bonds. The monoisotopic (exact) mass is 376 g/mol. The van der Waals surface area contributed by atoms with Crippen LogP contribution < -0.4 is 10.6 Å². The van der Waals surface area contributed by atoms with Crippen molar-refractivity contribution in [3.8, 4) is 0 Å². The first kappa shape index (κ1) is 17.2. The second-order valence-electron chi connectivity index (χ2n) is 4.98. The Morgan fingerprint density at radius 1 is 1.09 bits per heavy atom. The Labute approximate surface area is 143 Å². The molecule has 0 aliphatic heterocycles. The zero-order valence-corrected chi connectivity index (χ0v) is 14.4. The van der Waals surface area contributed by atoms with Crippen LogP contribution in [-0.4, -0.2) is 25.5 Å². The third kappa shape index (κ3) is 4.91. The summed E-state index contributed by atoms with van der Waals surface area (Å²) in [5.41, 5.74) is 2.67. The minimum Gasteiger partial charge on any atom is -0.375 e. The lowest BCUT2D eigenvalue weighted by atomic mass is 10.1. The highest BCUT2D eigenvalue weighted by Crippen LogP contribution is 2.19. The van der Waals surface area contributed by atoms with Gasteiger partial charge < -0.3 is 15.4 Å². The summed E-state index contributed by atoms with van der Waals surface area (Å²) in [7, 11) is 1.46. The normalized spacial score (nSPS) is 10.2. The molecular weight excluding hydrogens is 360 g/mol. The number of hydrogen-bond donors (Lipinski definition) is 2. The minimum absolute atomic E-state index is 0.0192. The number of amides is 2. The number of carbonyl (C=O) groups is 2. The average Bonchev–Trinajstić information content (AvgIpc) is 2.47. The first-order chi connectivity index (χ1) is 11.0. The van der Waals surface area contributed by atoms with Gasteiger partial charge in [-0.1, -0.05) is 22.0 Å². The Hall–Kier alpha value is -2.18. The second kappa shape index (κ2) is 7.89. The fraction of sp³-hybridized carbons (Fsp3) is 0.176. The molecule has 2 rings (SSSR count). The summed E-state index contributed by atoms with van der Waals surface area (Å²) in [4.78, 5) is 23.9. The van der Waals surface area contributed by atoms with Crippen LogP contribution in [0.25, 0.3) is 0 Å². The molecule has 2 aromatic carbocycles. The maximum absolute atomic E-state index is 12.3. The van der Waals surface area contributed by atoms with Gasteiger partial charge in [0.25, 0.3) is 5.91 Å². The fourth-order valence-electron chi connectivity index (χ4n) is 2.08. The standard InChI is InChI=1S/C17H17BrN2O3/c1-11-8-12(18)6-7-15(11)17(22)20-14-5-3-4-13(9-14)19-16(21)10-23-2/h3-9H,10H2,1-2H3,(H,19,21)(H,20,22). The van der Waals surface area contributed by atoms with E-state index in [9.17, 15) is 9.59 Å². The van der Waals surface area contributed by atoms with E-state index in [1.807, 2.05) is 19.1 Å². The third-order valence-electron chi connectivity index (χ3n) is 3.11. The Kier molecular flexibility index (Phi) is 5.90. The van der Waals surface area contributed by atoms with Crippen molar-refractivity contribution in [3.05, 3.63) is 58.1 Å². The molecule has 0 aliphatic carbocycles. The number of ether oxygens (including phenoxy) is 1. The summed E-state index contributed by atoms with van der Waals surface area (Å²) in [5.74, 6) is -0.449. The molecule has 2 aromatic rings. The van der Waals surface area contributed by atoms with E-state index >= 15 is 0 Å². The van der Waals surface area contributed by atoms with Crippen LogP contribution in [0.1, 0.15) is 15.9 Å². The van der Waals surface area contributed by atoms with E-state index in [-0.39, 0.29) is 18.4 Å². The van der Waals surface area contributed by atoms with Gasteiger partial charge in [-0.3, -0.25) is 9.59 Å². The number of carbonyl (C=O) groups excluding carboxylic acids is 2. The van der Waals surface area contributed by atoms with Crippen molar-refractivity contribution < 1.29 is 14.3 Å². The van der Waals surface area contributed by atoms with Crippen LogP contribution in [0.4, 0.5) is 11.4 Å². The third-order valence-corrected chi connectivity index (χ3v) is 3.61. The Bertz CT molecular complexity index is 732. The number of nitrogens with one attached hydrogen (secondary N) is 2. The minimum atomic E-state index is -0.250. The number of rotatable bonds is 5. The Morgan fingerprint density at radius 2 is 1.78 bits per heavy atom. The maximum Gasteiger partial charge on any atom is 0.255 e. The van der Waals surface area contributed by atoms with Gasteiger partial charge >= 0.3 is 0 Å². The van der Waals surface area contributed by atoms with Gasteiger partial charge in [0.15, 0.2) is 0 Å². The first-order valence-electron chi connectivity index (χ1n) is 6.96. The van der Waals surface area contributed by atoms with Gasteiger partial charge in [-0.25, -0.2) is 0 Å². The van der Waals surface area contributed by atoms with Crippen molar-refractivity contribution in [3.63, 3.8) is 0 Å². The van der Waals surface area contributed by atoms with Crippen LogP contribution in [0.5, 0.6) is 0 Å². The van der Waals surface area contributed by atoms with Gasteiger partial charge in [0, 0.05) is 28.5 Å². The van der Waals surface area contributed by atoms with E-state index in [4.69, 9.17) is 4.74 Å². The number of anilines is 2. The lowest BCUT2D eigenvalue weighted by molar-refractivity contribution is -0.119. The molecule has 0 heterocycles. The van der Waals surface area contributed by atoms with Crippen molar-refractivity contribution in [2.45, 2.75) is 6.92 Å². The zero-order chi connectivity index (χ0) is 16.8. The molecule has 0 fully saturated rings. The topological polar surface area (TPSA) is 67.4 Å². The highest BCUT2D eigenvalue weighted by molar-refractivity contribution is 9.10. The van der Waals surface area contributed by atoms with E-state index in [0.717, 1.165) is 10.0 Å². The molecule has 0 unspecified atom stereocenters. The van der Waals surface area contributed by atoms with Crippen LogP contribution in [0, 0.1) is 6.92 Å². The summed E-state index contributed by atoms with van der Waals surface area (Å²) < 4.78 is 5.69. The quantitative estimate of drug-likeness (QED) is 0.837. The Balaban J connectivity index is 2.10. The van der Waals surface area contributed by atoms with E-state index < -0.39 is 0 Å². The van der Waals surface area contributed by atoms with Crippen molar-refractivity contribution >= 4 is 39.1 Å². The van der Waals surface area contributed by atoms with Gasteiger partial charge in [0.2, 0.25) is 5.91 Å². The van der Waals surface area contributed by atoms with Crippen LogP contribution in [0.15, 0.2) is 46.9 Å². The summed E-state index contributed by atoms with van der Waals surface area (Å²) in [6, 6.07) is 12.4. The van der Waals surface area contributed by atoms with Crippen LogP contribution in [-0.2, 0) is 9.53 Å². The van der Waals surface area contributed by atoms with E-state index in [2.05, 4.69) is 26.6 Å². The molecule has 5 nitrogen and oxygen atoms in total. The van der Waals surface area contributed by atoms with Gasteiger partial charge in [-0.15, -0.1) is 0 Å². The first-order valence-corrected chi connectivity index (χ1v) is 7.75. The molecule has 23 heavy (non-hydrogen) atoms. The van der Waals surface area contributed by atoms with E-state index in [1.165, 1.54) is 7.11 Å². The molecule has 0 radical (unpaired) electrons. The molecule has 0 spiro atoms. The number of benzene rings is 2. The molecule has 120 valence electrons. The molecule has 0 saturated carbocycles. The predicted molar refractivity (Wildman–Crippen MR) is 93.8 cm³/mol. The SMILES string of the molecule is COCC(=O)Nc1cccc(NC(=O)c2ccc(Br)cc2C)c1. The van der Waals surface area contributed by atoms with Crippen LogP contribution in [0.2, 0.25) is 0 Å². The lowest BCUT2D eigenvalue weighted by Crippen LogP contribution is -2.17. The van der Waals surface area contributed by atoms with E-state index in [0.29, 0.717) is 16.9 Å². The van der Waals surface area contributed by atoms with E-state index in [1.54, 1.807) is 30.3 Å². The van der Waals surface area contributed by atoms with Crippen molar-refractivity contribution in [2.75, 3.05) is 24.4 Å². The van der Waals surface area contributed by atoms with Gasteiger partial charge in [0.05, 0.1) is 0 Å². The van der Waals surface area contributed by atoms with Crippen molar-refractivity contribution in [2.24, 2.45) is 0 Å². The molecule has 0 saturated heterocycles. The molecule has 0 aliphatic rings. The number of hydrogen-bond acceptors (Lipinski definition) is 3. The van der Waals surface area contributed by atoms with Crippen molar-refractivity contribution in [1.29, 1.82) is 0 Å². The summed E-state index contributed by atoms with van der Waals surface area (Å²) in [5, 5.41) is 5.52. The number of methoxy groups -OCH3 is 1. The largest absolute Gasteiger partial charge is 0.375 e. The molecule has 0 atom stereocenters. The molecule has 2 N–H and O–H groups in total. The number of aryl methyl sites for hydroxylation is 1. The molecule has 6 heteroatoms. The molecular formula is C17H17BrN2O3. The lowest BCUT2D eigenvalue weighted by Gasteiger charge is -2.10. The molecule has 0 bridgehead atoms. The number of halogens is 1. The van der Waals surface area contributed by atoms with Gasteiger partial charge in [-0.05, 0) is 48.9 Å². The average molecular weight is 377 g/mol. The van der Waals surface area contributed by atoms with Crippen LogP contribution in [0.3, 0.4) is 0 Å². The molecule has 0 aromatic heterocycles. The highest BCUT2D eigenvalue weighted by atomic mass is 79.9. The van der Waals surface area contributed by atoms with Gasteiger partial charge in [0.1, 0.15) is 6.61 Å². The van der Waals surface area contributed by atoms with Crippen LogP contribution >= 0.6 is 15.9 Å². The fourth-order valence-corrected chi connectivity index (χ4v) is 2.56. The predicted octanol–water partition coefficient (Wildman–Crippen LogP) is 3.59. The maximum atomic E-state index is 12.3. The summed E-state index contributed by atoms with van der Waals surface area (Å²) in [6.07, 6.45) is 0. The highest BCUT2D eigenvalue weighted by Gasteiger charge is 2.10. The second-order valence-corrected chi connectivity index (χ2v) is 5.89. The Morgan fingerprint density at radius 3 is 2.43 bits per heavy atom. The summed E-state index contributed by atoms with van der Waals surface area (Å²) in [6.45, 7) is 1.86.